The predicted molar refractivity (Wildman–Crippen MR) is 296 cm³/mol. The minimum Gasteiger partial charge on any atom is -0.545 e. The van der Waals surface area contributed by atoms with Crippen molar-refractivity contribution in [1.29, 1.82) is 0 Å². The highest BCUT2D eigenvalue weighted by molar-refractivity contribution is 5.70. The molecule has 400 valence electrons. The van der Waals surface area contributed by atoms with E-state index in [2.05, 4.69) is 148 Å². The maximum Gasteiger partial charge on any atom is 0.306 e. The summed E-state index contributed by atoms with van der Waals surface area (Å²) in [6.07, 6.45) is 70.6. The summed E-state index contributed by atoms with van der Waals surface area (Å²) in [7, 11) is 5.89. The third-order valence-corrected chi connectivity index (χ3v) is 10.9. The maximum absolute atomic E-state index is 12.8. The van der Waals surface area contributed by atoms with Crippen molar-refractivity contribution in [2.45, 2.75) is 193 Å². The monoisotopic (exact) mass is 986 g/mol. The van der Waals surface area contributed by atoms with Gasteiger partial charge in [0.25, 0.3) is 0 Å². The molecule has 0 N–H and O–H groups in total. The number of carboxylic acids is 1. The van der Waals surface area contributed by atoms with E-state index in [1.165, 1.54) is 32.1 Å². The molecule has 0 rings (SSSR count). The molecule has 0 aromatic carbocycles. The van der Waals surface area contributed by atoms with Crippen molar-refractivity contribution in [3.8, 4) is 0 Å². The normalized spacial score (nSPS) is 13.9. The lowest BCUT2D eigenvalue weighted by atomic mass is 10.1. The predicted octanol–water partition coefficient (Wildman–Crippen LogP) is 14.6. The lowest BCUT2D eigenvalue weighted by molar-refractivity contribution is -0.870. The Labute approximate surface area is 433 Å². The van der Waals surface area contributed by atoms with Crippen LogP contribution in [-0.2, 0) is 33.3 Å². The smallest absolute Gasteiger partial charge is 0.306 e. The molecule has 0 aliphatic rings. The van der Waals surface area contributed by atoms with Gasteiger partial charge in [0.05, 0.1) is 40.3 Å². The molecule has 0 spiro atoms. The van der Waals surface area contributed by atoms with Gasteiger partial charge in [-0.3, -0.25) is 9.59 Å². The Balaban J connectivity index is 4.41. The van der Waals surface area contributed by atoms with Gasteiger partial charge in [0.1, 0.15) is 13.2 Å². The Kier molecular flexibility index (Phi) is 48.4. The van der Waals surface area contributed by atoms with Crippen LogP contribution in [-0.4, -0.2) is 82.3 Å². The maximum atomic E-state index is 12.8. The van der Waals surface area contributed by atoms with Gasteiger partial charge < -0.3 is 33.3 Å². The zero-order valence-corrected chi connectivity index (χ0v) is 45.3. The first kappa shape index (κ1) is 66.4. The van der Waals surface area contributed by atoms with Crippen molar-refractivity contribution in [2.24, 2.45) is 0 Å². The number of rotatable bonds is 48. The van der Waals surface area contributed by atoms with Gasteiger partial charge in [-0.05, 0) is 109 Å². The molecule has 71 heavy (non-hydrogen) atoms. The van der Waals surface area contributed by atoms with E-state index < -0.39 is 24.3 Å². The number of esters is 2. The number of hydrogen-bond donors (Lipinski definition) is 0. The van der Waals surface area contributed by atoms with E-state index in [4.69, 9.17) is 18.9 Å². The lowest BCUT2D eigenvalue weighted by Gasteiger charge is -2.26. The van der Waals surface area contributed by atoms with Crippen molar-refractivity contribution < 1.29 is 42.9 Å². The number of ether oxygens (including phenoxy) is 4. The number of carbonyl (C=O) groups is 3. The van der Waals surface area contributed by atoms with Gasteiger partial charge in [0, 0.05) is 12.8 Å². The number of nitrogens with zero attached hydrogens (tertiary/aromatic N) is 1. The van der Waals surface area contributed by atoms with E-state index in [9.17, 15) is 19.5 Å². The largest absolute Gasteiger partial charge is 0.545 e. The van der Waals surface area contributed by atoms with Crippen LogP contribution in [0.5, 0.6) is 0 Å². The first-order valence-electron chi connectivity index (χ1n) is 27.3. The van der Waals surface area contributed by atoms with E-state index in [-0.39, 0.29) is 38.6 Å². The standard InChI is InChI=1S/C62H99NO8/c1-6-8-10-12-14-16-18-20-22-24-26-28-29-30-31-33-34-36-38-40-42-44-46-48-50-52-59(64)69-56-58(57-70-62(61(66)67)68-55-54-63(3,4)5)71-60(65)53-51-49-47-45-43-41-39-37-35-32-27-25-23-21-19-17-15-13-11-9-7-2/h8-11,14-17,20-23,26-28,30-32,37,39,43,45,58,62H,6-7,12-13,18-19,24-25,29,33-36,38,40-42,44,46-57H2,1-5H3/b10-8-,11-9-,16-14-,17-15-,22-20-,23-21-,28-26-,31-30-,32-27-,39-37-,45-43-. The highest BCUT2D eigenvalue weighted by Crippen LogP contribution is 2.13. The van der Waals surface area contributed by atoms with Gasteiger partial charge in [-0.1, -0.05) is 192 Å². The lowest BCUT2D eigenvalue weighted by Crippen LogP contribution is -2.44. The minimum absolute atomic E-state index is 0.130. The molecule has 0 amide bonds. The van der Waals surface area contributed by atoms with Crippen LogP contribution in [0.15, 0.2) is 134 Å². The average molecular weight is 986 g/mol. The second kappa shape index (κ2) is 51.8. The van der Waals surface area contributed by atoms with Crippen LogP contribution in [0.25, 0.3) is 0 Å². The molecule has 0 aliphatic carbocycles. The molecule has 0 aliphatic heterocycles. The van der Waals surface area contributed by atoms with Gasteiger partial charge >= 0.3 is 11.9 Å². The summed E-state index contributed by atoms with van der Waals surface area (Å²) in [6, 6.07) is 0. The van der Waals surface area contributed by atoms with Crippen molar-refractivity contribution in [2.75, 3.05) is 47.5 Å². The van der Waals surface area contributed by atoms with Crippen LogP contribution in [0.2, 0.25) is 0 Å². The Morgan fingerprint density at radius 3 is 1.15 bits per heavy atom. The number of quaternary nitrogens is 1. The van der Waals surface area contributed by atoms with Gasteiger partial charge in [0.15, 0.2) is 12.4 Å². The molecular weight excluding hydrogens is 887 g/mol. The third kappa shape index (κ3) is 53.1. The van der Waals surface area contributed by atoms with Crippen molar-refractivity contribution in [3.05, 3.63) is 134 Å². The van der Waals surface area contributed by atoms with E-state index in [0.717, 1.165) is 116 Å². The zero-order chi connectivity index (χ0) is 52.0. The molecule has 9 heteroatoms. The van der Waals surface area contributed by atoms with Crippen LogP contribution < -0.4 is 5.11 Å². The van der Waals surface area contributed by atoms with E-state index in [0.29, 0.717) is 17.4 Å². The van der Waals surface area contributed by atoms with Crippen molar-refractivity contribution in [1.82, 2.24) is 0 Å². The second-order valence-corrected chi connectivity index (χ2v) is 18.8. The Morgan fingerprint density at radius 1 is 0.423 bits per heavy atom. The molecule has 0 fully saturated rings. The molecule has 9 nitrogen and oxygen atoms in total. The fourth-order valence-corrected chi connectivity index (χ4v) is 6.74. The molecule has 0 saturated heterocycles. The molecule has 0 aromatic rings. The molecule has 0 bridgehead atoms. The SMILES string of the molecule is CC/C=C\C/C=C\C/C=C\C/C=C\C/C=C\C/C=C\CCCCC(=O)OC(COC(=O)CCCCCCCCCCC/C=C\C/C=C\C/C=C\C/C=C\C/C=C\CC)COC(OCC[N+](C)(C)C)C(=O)[O-]. The highest BCUT2D eigenvalue weighted by atomic mass is 16.7. The Morgan fingerprint density at radius 2 is 0.761 bits per heavy atom. The van der Waals surface area contributed by atoms with Crippen LogP contribution in [0.4, 0.5) is 0 Å². The number of allylic oxidation sites excluding steroid dienone is 22. The van der Waals surface area contributed by atoms with Gasteiger partial charge in [-0.15, -0.1) is 0 Å². The number of likely N-dealkylation sites (N-methyl/N-ethyl adjacent to an activating group) is 1. The zero-order valence-electron chi connectivity index (χ0n) is 45.3. The average Bonchev–Trinajstić information content (AvgIpc) is 3.34. The van der Waals surface area contributed by atoms with Crippen LogP contribution in [0.1, 0.15) is 181 Å². The molecule has 0 radical (unpaired) electrons. The van der Waals surface area contributed by atoms with Gasteiger partial charge in [-0.25, -0.2) is 0 Å². The number of hydrogen-bond acceptors (Lipinski definition) is 8. The number of aliphatic carboxylic acids is 1. The summed E-state index contributed by atoms with van der Waals surface area (Å²) in [6.45, 7) is 4.43. The number of carbonyl (C=O) groups excluding carboxylic acids is 3. The fourth-order valence-electron chi connectivity index (χ4n) is 6.74. The van der Waals surface area contributed by atoms with E-state index in [1.807, 2.05) is 21.1 Å². The highest BCUT2D eigenvalue weighted by Gasteiger charge is 2.21. The van der Waals surface area contributed by atoms with Gasteiger partial charge in [-0.2, -0.15) is 0 Å². The summed E-state index contributed by atoms with van der Waals surface area (Å²) in [5.74, 6) is -2.37. The molecule has 2 atom stereocenters. The van der Waals surface area contributed by atoms with E-state index in [1.54, 1.807) is 0 Å². The number of carboxylic acid groups (broad SMARTS) is 1. The van der Waals surface area contributed by atoms with Gasteiger partial charge in [0.2, 0.25) is 0 Å². The Hall–Kier alpha value is -4.57. The second-order valence-electron chi connectivity index (χ2n) is 18.8. The van der Waals surface area contributed by atoms with Crippen molar-refractivity contribution >= 4 is 17.9 Å². The van der Waals surface area contributed by atoms with Crippen molar-refractivity contribution in [3.63, 3.8) is 0 Å². The minimum atomic E-state index is -1.64. The topological polar surface area (TPSA) is 111 Å². The van der Waals surface area contributed by atoms with Crippen LogP contribution in [0.3, 0.4) is 0 Å². The first-order chi connectivity index (χ1) is 34.6. The first-order valence-corrected chi connectivity index (χ1v) is 27.3. The summed E-state index contributed by atoms with van der Waals surface area (Å²) >= 11 is 0. The molecule has 0 aromatic heterocycles. The molecule has 2 unspecified atom stereocenters. The summed E-state index contributed by atoms with van der Waals surface area (Å²) < 4.78 is 22.6. The molecule has 0 saturated carbocycles. The quantitative estimate of drug-likeness (QED) is 0.0195. The molecule has 0 heterocycles. The Bertz CT molecular complexity index is 1620. The van der Waals surface area contributed by atoms with Crippen LogP contribution >= 0.6 is 0 Å². The van der Waals surface area contributed by atoms with Crippen LogP contribution in [0, 0.1) is 0 Å². The summed E-state index contributed by atoms with van der Waals surface area (Å²) in [5.41, 5.74) is 0. The summed E-state index contributed by atoms with van der Waals surface area (Å²) in [4.78, 5) is 37.2. The third-order valence-electron chi connectivity index (χ3n) is 10.9. The summed E-state index contributed by atoms with van der Waals surface area (Å²) in [5, 5.41) is 11.8. The molecular formula is C62H99NO8. The van der Waals surface area contributed by atoms with E-state index >= 15 is 0 Å². The fraction of sp³-hybridized carbons (Fsp3) is 0.597. The number of unbranched alkanes of at least 4 members (excludes halogenated alkanes) is 11.